The summed E-state index contributed by atoms with van der Waals surface area (Å²) in [4.78, 5) is 14.9. The fourth-order valence-corrected chi connectivity index (χ4v) is 1.39. The number of benzene rings is 1. The van der Waals surface area contributed by atoms with E-state index < -0.39 is 17.4 Å². The lowest BCUT2D eigenvalue weighted by Gasteiger charge is -2.15. The number of nitrogens with two attached hydrogens (primary N) is 2. The number of carboxylic acids is 1. The Labute approximate surface area is 124 Å². The Balaban J connectivity index is 2.63. The maximum atomic E-state index is 10.7. The minimum Gasteiger partial charge on any atom is -0.493 e. The molecule has 1 unspecified atom stereocenters. The van der Waals surface area contributed by atoms with E-state index in [4.69, 9.17) is 21.3 Å². The van der Waals surface area contributed by atoms with Crippen molar-refractivity contribution in [1.82, 2.24) is 0 Å². The van der Waals surface area contributed by atoms with Crippen LogP contribution in [-0.2, 0) is 4.79 Å². The lowest BCUT2D eigenvalue weighted by molar-refractivity contribution is -0.142. The Bertz CT molecular complexity index is 504. The molecule has 0 fully saturated rings. The minimum atomic E-state index is -0.882. The van der Waals surface area contributed by atoms with E-state index in [1.807, 2.05) is 13.8 Å². The van der Waals surface area contributed by atoms with Gasteiger partial charge in [0.2, 0.25) is 0 Å². The predicted octanol–water partition coefficient (Wildman–Crippen LogP) is 1.23. The van der Waals surface area contributed by atoms with Gasteiger partial charge in [0.15, 0.2) is 0 Å². The molecule has 0 aliphatic carbocycles. The average molecular weight is 293 g/mol. The fraction of sp³-hybridized carbons (Fsp3) is 0.467. The first-order chi connectivity index (χ1) is 9.69. The molecular weight excluding hydrogens is 270 g/mol. The summed E-state index contributed by atoms with van der Waals surface area (Å²) in [7, 11) is 0. The molecule has 0 aliphatic heterocycles. The Morgan fingerprint density at radius 3 is 2.43 bits per heavy atom. The third kappa shape index (κ3) is 6.27. The summed E-state index contributed by atoms with van der Waals surface area (Å²) >= 11 is 0. The SMILES string of the molecule is CC(COc1ccc(C(N)=NCC(C)(C)N)cc1)C(=O)O. The van der Waals surface area contributed by atoms with E-state index in [9.17, 15) is 4.79 Å². The third-order valence-electron chi connectivity index (χ3n) is 2.73. The van der Waals surface area contributed by atoms with Crippen LogP contribution in [0.3, 0.4) is 0 Å². The molecule has 1 aromatic carbocycles. The topological polar surface area (TPSA) is 111 Å². The average Bonchev–Trinajstić information content (AvgIpc) is 2.41. The second-order valence-electron chi connectivity index (χ2n) is 5.76. The maximum absolute atomic E-state index is 10.7. The number of rotatable bonds is 7. The van der Waals surface area contributed by atoms with Gasteiger partial charge in [-0.2, -0.15) is 0 Å². The van der Waals surface area contributed by atoms with Crippen molar-refractivity contribution in [2.24, 2.45) is 22.4 Å². The zero-order chi connectivity index (χ0) is 16.0. The van der Waals surface area contributed by atoms with Gasteiger partial charge in [-0.15, -0.1) is 0 Å². The normalized spacial score (nSPS) is 13.8. The van der Waals surface area contributed by atoms with Crippen LogP contribution in [0.5, 0.6) is 5.75 Å². The molecule has 0 saturated heterocycles. The molecule has 0 heterocycles. The van der Waals surface area contributed by atoms with Gasteiger partial charge in [0.25, 0.3) is 0 Å². The number of carbonyl (C=O) groups is 1. The van der Waals surface area contributed by atoms with Gasteiger partial charge in [-0.1, -0.05) is 0 Å². The summed E-state index contributed by atoms with van der Waals surface area (Å²) in [6.45, 7) is 5.91. The van der Waals surface area contributed by atoms with Crippen molar-refractivity contribution in [2.75, 3.05) is 13.2 Å². The molecular formula is C15H23N3O3. The van der Waals surface area contributed by atoms with E-state index in [1.165, 1.54) is 0 Å². The van der Waals surface area contributed by atoms with Crippen molar-refractivity contribution >= 4 is 11.8 Å². The molecule has 116 valence electrons. The molecule has 0 bridgehead atoms. The summed E-state index contributed by atoms with van der Waals surface area (Å²) < 4.78 is 5.40. The summed E-state index contributed by atoms with van der Waals surface area (Å²) in [6, 6.07) is 7.03. The molecule has 0 radical (unpaired) electrons. The predicted molar refractivity (Wildman–Crippen MR) is 82.6 cm³/mol. The van der Waals surface area contributed by atoms with Gasteiger partial charge >= 0.3 is 5.97 Å². The van der Waals surface area contributed by atoms with E-state index in [-0.39, 0.29) is 6.61 Å². The number of ether oxygens (including phenoxy) is 1. The number of carboxylic acid groups (broad SMARTS) is 1. The van der Waals surface area contributed by atoms with Gasteiger partial charge in [-0.05, 0) is 45.0 Å². The second kappa shape index (κ2) is 7.08. The second-order valence-corrected chi connectivity index (χ2v) is 5.76. The third-order valence-corrected chi connectivity index (χ3v) is 2.73. The first-order valence-electron chi connectivity index (χ1n) is 6.74. The Morgan fingerprint density at radius 2 is 1.95 bits per heavy atom. The van der Waals surface area contributed by atoms with Crippen LogP contribution in [0.4, 0.5) is 0 Å². The van der Waals surface area contributed by atoms with Crippen molar-refractivity contribution in [3.8, 4) is 5.75 Å². The zero-order valence-corrected chi connectivity index (χ0v) is 12.7. The molecule has 1 rings (SSSR count). The molecule has 5 N–H and O–H groups in total. The lowest BCUT2D eigenvalue weighted by atomic mass is 10.1. The van der Waals surface area contributed by atoms with Crippen LogP contribution >= 0.6 is 0 Å². The Morgan fingerprint density at radius 1 is 1.38 bits per heavy atom. The highest BCUT2D eigenvalue weighted by Gasteiger charge is 2.12. The van der Waals surface area contributed by atoms with Gasteiger partial charge in [0.05, 0.1) is 12.5 Å². The number of aliphatic carboxylic acids is 1. The van der Waals surface area contributed by atoms with Crippen molar-refractivity contribution in [2.45, 2.75) is 26.3 Å². The van der Waals surface area contributed by atoms with E-state index in [0.29, 0.717) is 18.1 Å². The van der Waals surface area contributed by atoms with Crippen LogP contribution in [0.15, 0.2) is 29.3 Å². The van der Waals surface area contributed by atoms with E-state index in [2.05, 4.69) is 4.99 Å². The van der Waals surface area contributed by atoms with Crippen LogP contribution in [0.1, 0.15) is 26.3 Å². The molecule has 1 aromatic rings. The maximum Gasteiger partial charge on any atom is 0.309 e. The van der Waals surface area contributed by atoms with E-state index in [1.54, 1.807) is 31.2 Å². The fourth-order valence-electron chi connectivity index (χ4n) is 1.39. The Hall–Kier alpha value is -2.08. The van der Waals surface area contributed by atoms with Crippen LogP contribution in [0.25, 0.3) is 0 Å². The van der Waals surface area contributed by atoms with Gasteiger partial charge in [-0.25, -0.2) is 0 Å². The highest BCUT2D eigenvalue weighted by atomic mass is 16.5. The van der Waals surface area contributed by atoms with Gasteiger partial charge in [-0.3, -0.25) is 9.79 Å². The summed E-state index contributed by atoms with van der Waals surface area (Å²) in [5.41, 5.74) is 12.1. The van der Waals surface area contributed by atoms with Gasteiger partial charge in [0.1, 0.15) is 18.2 Å². The minimum absolute atomic E-state index is 0.125. The van der Waals surface area contributed by atoms with E-state index in [0.717, 1.165) is 5.56 Å². The van der Waals surface area contributed by atoms with Crippen molar-refractivity contribution < 1.29 is 14.6 Å². The van der Waals surface area contributed by atoms with Crippen LogP contribution in [0, 0.1) is 5.92 Å². The lowest BCUT2D eigenvalue weighted by Crippen LogP contribution is -2.36. The molecule has 0 aliphatic rings. The smallest absolute Gasteiger partial charge is 0.309 e. The van der Waals surface area contributed by atoms with E-state index >= 15 is 0 Å². The largest absolute Gasteiger partial charge is 0.493 e. The molecule has 0 spiro atoms. The van der Waals surface area contributed by atoms with Crippen molar-refractivity contribution in [3.63, 3.8) is 0 Å². The van der Waals surface area contributed by atoms with Crippen LogP contribution in [0.2, 0.25) is 0 Å². The molecule has 0 saturated carbocycles. The molecule has 1 atom stereocenters. The quantitative estimate of drug-likeness (QED) is 0.517. The monoisotopic (exact) mass is 293 g/mol. The number of nitrogens with zero attached hydrogens (tertiary/aromatic N) is 1. The summed E-state index contributed by atoms with van der Waals surface area (Å²) in [5.74, 6) is -0.423. The number of aliphatic imine (C=N–C) groups is 1. The summed E-state index contributed by atoms with van der Waals surface area (Å²) in [5, 5.41) is 8.78. The molecule has 21 heavy (non-hydrogen) atoms. The van der Waals surface area contributed by atoms with Gasteiger partial charge < -0.3 is 21.3 Å². The van der Waals surface area contributed by atoms with Crippen LogP contribution < -0.4 is 16.2 Å². The van der Waals surface area contributed by atoms with Gasteiger partial charge in [0, 0.05) is 11.1 Å². The molecule has 6 nitrogen and oxygen atoms in total. The zero-order valence-electron chi connectivity index (χ0n) is 12.7. The van der Waals surface area contributed by atoms with Crippen LogP contribution in [-0.4, -0.2) is 35.6 Å². The summed E-state index contributed by atoms with van der Waals surface area (Å²) in [6.07, 6.45) is 0. The number of hydrogen-bond donors (Lipinski definition) is 3. The number of hydrogen-bond acceptors (Lipinski definition) is 4. The number of amidine groups is 1. The highest BCUT2D eigenvalue weighted by Crippen LogP contribution is 2.13. The molecule has 0 amide bonds. The first-order valence-corrected chi connectivity index (χ1v) is 6.74. The standard InChI is InChI=1S/C15H23N3O3/c1-10(14(19)20)8-21-12-6-4-11(5-7-12)13(16)18-9-15(2,3)17/h4-7,10H,8-9,17H2,1-3H3,(H2,16,18)(H,19,20). The van der Waals surface area contributed by atoms with Crippen molar-refractivity contribution in [3.05, 3.63) is 29.8 Å². The Kier molecular flexibility index (Phi) is 5.72. The molecule has 0 aromatic heterocycles. The highest BCUT2D eigenvalue weighted by molar-refractivity contribution is 5.97. The first kappa shape index (κ1) is 17.0. The van der Waals surface area contributed by atoms with Crippen molar-refractivity contribution in [1.29, 1.82) is 0 Å². The molecule has 6 heteroatoms.